The Hall–Kier alpha value is -2.25. The van der Waals surface area contributed by atoms with Crippen LogP contribution in [0.25, 0.3) is 0 Å². The van der Waals surface area contributed by atoms with Crippen LogP contribution in [0.4, 0.5) is 0 Å². The predicted octanol–water partition coefficient (Wildman–Crippen LogP) is 2.71. The van der Waals surface area contributed by atoms with Gasteiger partial charge in [0, 0.05) is 44.6 Å². The van der Waals surface area contributed by atoms with E-state index < -0.39 is 0 Å². The number of nitrogens with zero attached hydrogens (tertiary/aromatic N) is 5. The third kappa shape index (κ3) is 5.26. The number of hydrogen-bond donors (Lipinski definition) is 0. The number of carbonyl (C=O) groups excluding carboxylic acids is 1. The normalized spacial score (nSPS) is 21.6. The van der Waals surface area contributed by atoms with Gasteiger partial charge in [-0.3, -0.25) is 19.6 Å². The molecule has 2 aromatic heterocycles. The van der Waals surface area contributed by atoms with Gasteiger partial charge in [0.1, 0.15) is 0 Å². The Balaban J connectivity index is 1.26. The molecule has 4 rings (SSSR count). The van der Waals surface area contributed by atoms with Crippen LogP contribution in [-0.4, -0.2) is 70.0 Å². The molecule has 1 amide bonds. The summed E-state index contributed by atoms with van der Waals surface area (Å²) in [6.07, 6.45) is 8.18. The number of pyridine rings is 1. The summed E-state index contributed by atoms with van der Waals surface area (Å²) in [4.78, 5) is 24.0. The Morgan fingerprint density at radius 2 is 1.97 bits per heavy atom. The fraction of sp³-hybridized carbons (Fsp3) is 0.609. The van der Waals surface area contributed by atoms with Crippen molar-refractivity contribution < 1.29 is 9.32 Å². The summed E-state index contributed by atoms with van der Waals surface area (Å²) in [6.45, 7) is 7.62. The van der Waals surface area contributed by atoms with E-state index in [1.54, 1.807) is 4.90 Å². The van der Waals surface area contributed by atoms with Crippen LogP contribution in [0.2, 0.25) is 0 Å². The zero-order chi connectivity index (χ0) is 20.9. The smallest absolute Gasteiger partial charge is 0.227 e. The van der Waals surface area contributed by atoms with E-state index in [0.717, 1.165) is 57.0 Å². The van der Waals surface area contributed by atoms with Crippen LogP contribution >= 0.6 is 0 Å². The Labute approximate surface area is 179 Å². The van der Waals surface area contributed by atoms with Crippen molar-refractivity contribution in [1.82, 2.24) is 24.8 Å². The average molecular weight is 412 g/mol. The number of piperidine rings is 2. The number of aromatic nitrogens is 2. The standard InChI is InChI=1S/C23H33N5O2/c1-18-14-22(30-25-18)17-26(2)23(29)20-4-3-11-28(16-20)21-7-12-27(13-8-21)15-19-5-9-24-10-6-19/h5-6,9-10,14,20-21H,3-4,7-8,11-13,15-17H2,1-2H3. The average Bonchev–Trinajstić information content (AvgIpc) is 3.19. The van der Waals surface area contributed by atoms with Crippen LogP contribution in [0, 0.1) is 12.8 Å². The van der Waals surface area contributed by atoms with Crippen LogP contribution in [0.1, 0.15) is 42.7 Å². The summed E-state index contributed by atoms with van der Waals surface area (Å²) < 4.78 is 5.28. The number of aryl methyl sites for hydroxylation is 1. The van der Waals surface area contributed by atoms with Gasteiger partial charge in [-0.2, -0.15) is 0 Å². The van der Waals surface area contributed by atoms with E-state index in [2.05, 4.69) is 32.1 Å². The maximum atomic E-state index is 13.0. The molecule has 162 valence electrons. The highest BCUT2D eigenvalue weighted by Gasteiger charge is 2.33. The number of hydrogen-bond acceptors (Lipinski definition) is 6. The summed E-state index contributed by atoms with van der Waals surface area (Å²) >= 11 is 0. The molecule has 0 bridgehead atoms. The highest BCUT2D eigenvalue weighted by molar-refractivity contribution is 5.78. The molecule has 2 saturated heterocycles. The highest BCUT2D eigenvalue weighted by atomic mass is 16.5. The number of carbonyl (C=O) groups is 1. The van der Waals surface area contributed by atoms with E-state index in [0.29, 0.717) is 12.6 Å². The minimum atomic E-state index is 0.0858. The van der Waals surface area contributed by atoms with Gasteiger partial charge in [-0.05, 0) is 69.9 Å². The molecular formula is C23H33N5O2. The molecule has 0 aliphatic carbocycles. The molecule has 7 heteroatoms. The Morgan fingerprint density at radius 3 is 2.67 bits per heavy atom. The van der Waals surface area contributed by atoms with E-state index >= 15 is 0 Å². The largest absolute Gasteiger partial charge is 0.359 e. The van der Waals surface area contributed by atoms with Crippen molar-refractivity contribution in [2.75, 3.05) is 33.2 Å². The predicted molar refractivity (Wildman–Crippen MR) is 115 cm³/mol. The van der Waals surface area contributed by atoms with Crippen molar-refractivity contribution in [2.24, 2.45) is 5.92 Å². The fourth-order valence-corrected chi connectivity index (χ4v) is 4.84. The summed E-state index contributed by atoms with van der Waals surface area (Å²) in [6, 6.07) is 6.69. The molecular weight excluding hydrogens is 378 g/mol. The molecule has 1 unspecified atom stereocenters. The number of rotatable bonds is 6. The molecule has 7 nitrogen and oxygen atoms in total. The lowest BCUT2D eigenvalue weighted by Crippen LogP contribution is -2.50. The summed E-state index contributed by atoms with van der Waals surface area (Å²) in [5.74, 6) is 1.06. The van der Waals surface area contributed by atoms with Gasteiger partial charge in [-0.15, -0.1) is 0 Å². The van der Waals surface area contributed by atoms with E-state index in [4.69, 9.17) is 4.52 Å². The van der Waals surface area contributed by atoms with Crippen LogP contribution in [-0.2, 0) is 17.9 Å². The van der Waals surface area contributed by atoms with E-state index in [9.17, 15) is 4.79 Å². The zero-order valence-corrected chi connectivity index (χ0v) is 18.2. The highest BCUT2D eigenvalue weighted by Crippen LogP contribution is 2.26. The first-order valence-electron chi connectivity index (χ1n) is 11.1. The first-order valence-corrected chi connectivity index (χ1v) is 11.1. The van der Waals surface area contributed by atoms with Gasteiger partial charge in [0.2, 0.25) is 5.91 Å². The van der Waals surface area contributed by atoms with E-state index in [1.165, 1.54) is 18.4 Å². The molecule has 2 aliphatic rings. The lowest BCUT2D eigenvalue weighted by molar-refractivity contribution is -0.137. The van der Waals surface area contributed by atoms with Crippen molar-refractivity contribution in [3.05, 3.63) is 47.6 Å². The third-order valence-electron chi connectivity index (χ3n) is 6.48. The van der Waals surface area contributed by atoms with Crippen molar-refractivity contribution in [1.29, 1.82) is 0 Å². The molecule has 2 aromatic rings. The zero-order valence-electron chi connectivity index (χ0n) is 18.2. The molecule has 2 fully saturated rings. The SMILES string of the molecule is Cc1cc(CN(C)C(=O)C2CCCN(C3CCN(Cc4ccncc4)CC3)C2)on1. The van der Waals surface area contributed by atoms with Gasteiger partial charge in [0.15, 0.2) is 5.76 Å². The lowest BCUT2D eigenvalue weighted by Gasteiger charge is -2.42. The maximum Gasteiger partial charge on any atom is 0.227 e. The Morgan fingerprint density at radius 1 is 1.20 bits per heavy atom. The molecule has 0 saturated carbocycles. The number of amides is 1. The van der Waals surface area contributed by atoms with Crippen molar-refractivity contribution in [3.63, 3.8) is 0 Å². The van der Waals surface area contributed by atoms with Crippen LogP contribution < -0.4 is 0 Å². The van der Waals surface area contributed by atoms with Crippen LogP contribution in [0.3, 0.4) is 0 Å². The molecule has 0 radical (unpaired) electrons. The van der Waals surface area contributed by atoms with Crippen molar-refractivity contribution in [2.45, 2.75) is 51.7 Å². The van der Waals surface area contributed by atoms with Crippen LogP contribution in [0.5, 0.6) is 0 Å². The molecule has 30 heavy (non-hydrogen) atoms. The van der Waals surface area contributed by atoms with E-state index in [-0.39, 0.29) is 11.8 Å². The van der Waals surface area contributed by atoms with Gasteiger partial charge in [-0.1, -0.05) is 5.16 Å². The molecule has 1 atom stereocenters. The second-order valence-electron chi connectivity index (χ2n) is 8.83. The molecule has 0 N–H and O–H groups in total. The Bertz CT molecular complexity index is 816. The van der Waals surface area contributed by atoms with Gasteiger partial charge in [-0.25, -0.2) is 0 Å². The molecule has 0 aromatic carbocycles. The summed E-state index contributed by atoms with van der Waals surface area (Å²) in [5.41, 5.74) is 2.18. The van der Waals surface area contributed by atoms with Crippen molar-refractivity contribution in [3.8, 4) is 0 Å². The summed E-state index contributed by atoms with van der Waals surface area (Å²) in [5, 5.41) is 3.92. The van der Waals surface area contributed by atoms with Gasteiger partial charge >= 0.3 is 0 Å². The maximum absolute atomic E-state index is 13.0. The second-order valence-corrected chi connectivity index (χ2v) is 8.83. The van der Waals surface area contributed by atoms with Crippen LogP contribution in [0.15, 0.2) is 35.1 Å². The first kappa shape index (κ1) is 21.0. The summed E-state index contributed by atoms with van der Waals surface area (Å²) in [7, 11) is 1.87. The quantitative estimate of drug-likeness (QED) is 0.728. The molecule has 0 spiro atoms. The van der Waals surface area contributed by atoms with E-state index in [1.807, 2.05) is 32.4 Å². The van der Waals surface area contributed by atoms with Gasteiger partial charge in [0.05, 0.1) is 18.2 Å². The lowest BCUT2D eigenvalue weighted by atomic mass is 9.93. The first-order chi connectivity index (χ1) is 14.6. The minimum Gasteiger partial charge on any atom is -0.359 e. The second kappa shape index (κ2) is 9.71. The molecule has 2 aliphatic heterocycles. The van der Waals surface area contributed by atoms with Gasteiger partial charge < -0.3 is 9.42 Å². The fourth-order valence-electron chi connectivity index (χ4n) is 4.84. The van der Waals surface area contributed by atoms with Gasteiger partial charge in [0.25, 0.3) is 0 Å². The minimum absolute atomic E-state index is 0.0858. The monoisotopic (exact) mass is 411 g/mol. The topological polar surface area (TPSA) is 65.7 Å². The third-order valence-corrected chi connectivity index (χ3v) is 6.48. The van der Waals surface area contributed by atoms with Crippen molar-refractivity contribution >= 4 is 5.91 Å². The Kier molecular flexibility index (Phi) is 6.79. The molecule has 4 heterocycles. The number of likely N-dealkylation sites (tertiary alicyclic amines) is 2.